The van der Waals surface area contributed by atoms with Crippen molar-refractivity contribution in [1.29, 1.82) is 0 Å². The van der Waals surface area contributed by atoms with Gasteiger partial charge in [-0.15, -0.1) is 0 Å². The number of carboxylic acid groups (broad SMARTS) is 1. The van der Waals surface area contributed by atoms with E-state index in [-0.39, 0.29) is 37.3 Å². The van der Waals surface area contributed by atoms with Crippen LogP contribution in [0.2, 0.25) is 0 Å². The lowest BCUT2D eigenvalue weighted by atomic mass is 10.0. The predicted octanol–water partition coefficient (Wildman–Crippen LogP) is -1.07. The van der Waals surface area contributed by atoms with Gasteiger partial charge in [-0.1, -0.05) is 0 Å². The molecule has 0 aromatic rings. The summed E-state index contributed by atoms with van der Waals surface area (Å²) in [6.45, 7) is 1.05. The zero-order chi connectivity index (χ0) is 15.8. The summed E-state index contributed by atoms with van der Waals surface area (Å²) >= 11 is 0. The van der Waals surface area contributed by atoms with Gasteiger partial charge in [-0.3, -0.25) is 14.4 Å². The summed E-state index contributed by atoms with van der Waals surface area (Å²) in [5, 5.41) is 11.4. The number of piperidine rings is 1. The number of rotatable bonds is 7. The van der Waals surface area contributed by atoms with E-state index in [2.05, 4.69) is 5.32 Å². The van der Waals surface area contributed by atoms with Gasteiger partial charge in [0.2, 0.25) is 11.8 Å². The number of nitrogens with one attached hydrogen (secondary N) is 1. The molecule has 0 spiro atoms. The van der Waals surface area contributed by atoms with Crippen LogP contribution in [0.1, 0.15) is 25.7 Å². The number of carbonyl (C=O) groups excluding carboxylic acids is 2. The van der Waals surface area contributed by atoms with Gasteiger partial charge >= 0.3 is 5.97 Å². The van der Waals surface area contributed by atoms with Crippen LogP contribution in [0.25, 0.3) is 0 Å². The minimum atomic E-state index is -0.960. The Morgan fingerprint density at radius 2 is 2.00 bits per heavy atom. The van der Waals surface area contributed by atoms with Crippen LogP contribution in [0.15, 0.2) is 0 Å². The van der Waals surface area contributed by atoms with E-state index < -0.39 is 12.0 Å². The maximum atomic E-state index is 12.0. The molecule has 1 saturated heterocycles. The summed E-state index contributed by atoms with van der Waals surface area (Å²) in [4.78, 5) is 35.5. The monoisotopic (exact) mass is 301 g/mol. The third kappa shape index (κ3) is 6.09. The van der Waals surface area contributed by atoms with E-state index in [1.807, 2.05) is 0 Å². The SMILES string of the molecule is COCC(=O)NC1CCN(C(=O)C(N)CCC(=O)O)CC1. The third-order valence-electron chi connectivity index (χ3n) is 3.43. The summed E-state index contributed by atoms with van der Waals surface area (Å²) < 4.78 is 4.74. The minimum absolute atomic E-state index is 0.0270. The summed E-state index contributed by atoms with van der Waals surface area (Å²) in [6, 6.07) is -0.743. The third-order valence-corrected chi connectivity index (χ3v) is 3.43. The van der Waals surface area contributed by atoms with Gasteiger partial charge in [0.25, 0.3) is 0 Å². The van der Waals surface area contributed by atoms with Gasteiger partial charge < -0.3 is 25.8 Å². The highest BCUT2D eigenvalue weighted by atomic mass is 16.5. The molecule has 1 aliphatic rings. The van der Waals surface area contributed by atoms with Crippen molar-refractivity contribution in [3.05, 3.63) is 0 Å². The highest BCUT2D eigenvalue weighted by Crippen LogP contribution is 2.12. The molecule has 120 valence electrons. The van der Waals surface area contributed by atoms with Crippen molar-refractivity contribution in [2.75, 3.05) is 26.8 Å². The first kappa shape index (κ1) is 17.4. The summed E-state index contributed by atoms with van der Waals surface area (Å²) in [7, 11) is 1.46. The molecule has 1 aliphatic heterocycles. The standard InChI is InChI=1S/C13H23N3O5/c1-21-8-11(17)15-9-4-6-16(7-5-9)13(20)10(14)2-3-12(18)19/h9-10H,2-8,14H2,1H3,(H,15,17)(H,18,19). The van der Waals surface area contributed by atoms with Gasteiger partial charge in [0.05, 0.1) is 6.04 Å². The van der Waals surface area contributed by atoms with Crippen molar-refractivity contribution < 1.29 is 24.2 Å². The summed E-state index contributed by atoms with van der Waals surface area (Å²) in [6.07, 6.45) is 1.34. The fourth-order valence-electron chi connectivity index (χ4n) is 2.28. The van der Waals surface area contributed by atoms with E-state index in [0.717, 1.165) is 0 Å². The van der Waals surface area contributed by atoms with E-state index in [1.54, 1.807) is 4.90 Å². The fourth-order valence-corrected chi connectivity index (χ4v) is 2.28. The Bertz CT molecular complexity index is 380. The molecule has 0 bridgehead atoms. The van der Waals surface area contributed by atoms with Gasteiger partial charge in [-0.25, -0.2) is 0 Å². The number of carbonyl (C=O) groups is 3. The van der Waals surface area contributed by atoms with Gasteiger partial charge in [-0.2, -0.15) is 0 Å². The van der Waals surface area contributed by atoms with Crippen LogP contribution >= 0.6 is 0 Å². The van der Waals surface area contributed by atoms with Crippen LogP contribution in [0.3, 0.4) is 0 Å². The van der Waals surface area contributed by atoms with Gasteiger partial charge in [-0.05, 0) is 19.3 Å². The quantitative estimate of drug-likeness (QED) is 0.550. The number of ether oxygens (including phenoxy) is 1. The zero-order valence-electron chi connectivity index (χ0n) is 12.2. The molecule has 4 N–H and O–H groups in total. The molecule has 0 saturated carbocycles. The molecule has 1 atom stereocenters. The highest BCUT2D eigenvalue weighted by molar-refractivity contribution is 5.82. The molecule has 1 fully saturated rings. The van der Waals surface area contributed by atoms with Crippen LogP contribution in [-0.4, -0.2) is 66.7 Å². The van der Waals surface area contributed by atoms with Gasteiger partial charge in [0.15, 0.2) is 0 Å². The Balaban J connectivity index is 2.33. The van der Waals surface area contributed by atoms with Crippen molar-refractivity contribution >= 4 is 17.8 Å². The average Bonchev–Trinajstić information content (AvgIpc) is 2.45. The molecule has 0 aliphatic carbocycles. The number of aliphatic carboxylic acids is 1. The van der Waals surface area contributed by atoms with Crippen LogP contribution in [0, 0.1) is 0 Å². The second-order valence-electron chi connectivity index (χ2n) is 5.14. The lowest BCUT2D eigenvalue weighted by Gasteiger charge is -2.33. The number of nitrogens with zero attached hydrogens (tertiary/aromatic N) is 1. The van der Waals surface area contributed by atoms with Crippen molar-refractivity contribution in [3.63, 3.8) is 0 Å². The van der Waals surface area contributed by atoms with Crippen LogP contribution in [-0.2, 0) is 19.1 Å². The molecule has 0 aromatic heterocycles. The predicted molar refractivity (Wildman–Crippen MR) is 74.5 cm³/mol. The number of carboxylic acids is 1. The number of methoxy groups -OCH3 is 1. The topological polar surface area (TPSA) is 122 Å². The summed E-state index contributed by atoms with van der Waals surface area (Å²) in [5.41, 5.74) is 5.71. The van der Waals surface area contributed by atoms with Gasteiger partial charge in [0.1, 0.15) is 6.61 Å². The summed E-state index contributed by atoms with van der Waals surface area (Å²) in [5.74, 6) is -1.35. The fraction of sp³-hybridized carbons (Fsp3) is 0.769. The first-order valence-electron chi connectivity index (χ1n) is 6.98. The zero-order valence-corrected chi connectivity index (χ0v) is 12.2. The van der Waals surface area contributed by atoms with Crippen molar-refractivity contribution in [1.82, 2.24) is 10.2 Å². The average molecular weight is 301 g/mol. The molecule has 1 heterocycles. The number of likely N-dealkylation sites (tertiary alicyclic amines) is 1. The number of nitrogens with two attached hydrogens (primary N) is 1. The number of amides is 2. The molecular formula is C13H23N3O5. The Kier molecular flexibility index (Phi) is 7.10. The smallest absolute Gasteiger partial charge is 0.303 e. The van der Waals surface area contributed by atoms with Crippen molar-refractivity contribution in [2.24, 2.45) is 5.73 Å². The second-order valence-corrected chi connectivity index (χ2v) is 5.14. The van der Waals surface area contributed by atoms with Gasteiger partial charge in [0, 0.05) is 32.7 Å². The molecule has 1 unspecified atom stereocenters. The molecule has 1 rings (SSSR count). The lowest BCUT2D eigenvalue weighted by molar-refractivity contribution is -0.137. The van der Waals surface area contributed by atoms with Crippen molar-refractivity contribution in [3.8, 4) is 0 Å². The Labute approximate surface area is 123 Å². The highest BCUT2D eigenvalue weighted by Gasteiger charge is 2.27. The van der Waals surface area contributed by atoms with E-state index in [1.165, 1.54) is 7.11 Å². The molecule has 21 heavy (non-hydrogen) atoms. The molecule has 8 nitrogen and oxygen atoms in total. The van der Waals surface area contributed by atoms with E-state index >= 15 is 0 Å². The van der Waals surface area contributed by atoms with Crippen LogP contribution in [0.5, 0.6) is 0 Å². The number of hydrogen-bond acceptors (Lipinski definition) is 5. The second kappa shape index (κ2) is 8.58. The minimum Gasteiger partial charge on any atom is -0.481 e. The first-order valence-corrected chi connectivity index (χ1v) is 6.98. The maximum absolute atomic E-state index is 12.0. The molecule has 8 heteroatoms. The van der Waals surface area contributed by atoms with E-state index in [4.69, 9.17) is 15.6 Å². The molecule has 2 amide bonds. The van der Waals surface area contributed by atoms with E-state index in [9.17, 15) is 14.4 Å². The Hall–Kier alpha value is -1.67. The largest absolute Gasteiger partial charge is 0.481 e. The lowest BCUT2D eigenvalue weighted by Crippen LogP contribution is -2.51. The first-order chi connectivity index (χ1) is 9.93. The van der Waals surface area contributed by atoms with Crippen LogP contribution < -0.4 is 11.1 Å². The van der Waals surface area contributed by atoms with E-state index in [0.29, 0.717) is 25.9 Å². The number of hydrogen-bond donors (Lipinski definition) is 3. The van der Waals surface area contributed by atoms with Crippen LogP contribution in [0.4, 0.5) is 0 Å². The molecular weight excluding hydrogens is 278 g/mol. The molecule has 0 radical (unpaired) electrons. The Morgan fingerprint density at radius 3 is 2.52 bits per heavy atom. The van der Waals surface area contributed by atoms with Crippen molar-refractivity contribution in [2.45, 2.75) is 37.8 Å². The molecule has 0 aromatic carbocycles. The Morgan fingerprint density at radius 1 is 1.38 bits per heavy atom. The normalized spacial score (nSPS) is 17.3. The maximum Gasteiger partial charge on any atom is 0.303 e.